The number of rotatable bonds is 7. The molecule has 3 aromatic rings. The Labute approximate surface area is 208 Å². The Bertz CT molecular complexity index is 1390. The summed E-state index contributed by atoms with van der Waals surface area (Å²) in [4.78, 5) is 38.3. The van der Waals surface area contributed by atoms with E-state index in [0.717, 1.165) is 23.9 Å². The number of hydrogen-bond acceptors (Lipinski definition) is 5. The van der Waals surface area contributed by atoms with Crippen molar-refractivity contribution >= 4 is 55.8 Å². The minimum Gasteiger partial charge on any atom is -0.352 e. The molecule has 4 rings (SSSR count). The molecule has 1 saturated heterocycles. The Morgan fingerprint density at radius 3 is 2.40 bits per heavy atom. The Hall–Kier alpha value is -3.43. The quantitative estimate of drug-likeness (QED) is 0.501. The fraction of sp³-hybridized carbons (Fsp3) is 0.240. The lowest BCUT2D eigenvalue weighted by molar-refractivity contribution is -0.120. The normalized spacial score (nSPS) is 14.1. The molecule has 0 bridgehead atoms. The third-order valence-corrected chi connectivity index (χ3v) is 7.34. The lowest BCUT2D eigenvalue weighted by Gasteiger charge is -2.26. The largest absolute Gasteiger partial charge is 0.352 e. The molecule has 0 unspecified atom stereocenters. The first-order chi connectivity index (χ1) is 16.7. The van der Waals surface area contributed by atoms with E-state index in [4.69, 9.17) is 11.6 Å². The van der Waals surface area contributed by atoms with E-state index >= 15 is 0 Å². The molecule has 1 aliphatic rings. The number of carbonyl (C=O) groups is 3. The highest BCUT2D eigenvalue weighted by atomic mass is 35.5. The van der Waals surface area contributed by atoms with E-state index in [-0.39, 0.29) is 23.8 Å². The smallest absolute Gasteiger partial charge is 0.264 e. The summed E-state index contributed by atoms with van der Waals surface area (Å²) in [6.45, 7) is 0.624. The highest BCUT2D eigenvalue weighted by Gasteiger charge is 2.20. The summed E-state index contributed by atoms with van der Waals surface area (Å²) in [5.41, 5.74) is 1.12. The zero-order valence-electron chi connectivity index (χ0n) is 18.8. The summed E-state index contributed by atoms with van der Waals surface area (Å²) >= 11 is 5.95. The van der Waals surface area contributed by atoms with E-state index in [2.05, 4.69) is 5.32 Å². The van der Waals surface area contributed by atoms with Crippen molar-refractivity contribution in [3.63, 3.8) is 0 Å². The van der Waals surface area contributed by atoms with Gasteiger partial charge in [-0.05, 0) is 72.1 Å². The molecule has 0 saturated carbocycles. The number of piperidine rings is 1. The molecule has 1 fully saturated rings. The summed E-state index contributed by atoms with van der Waals surface area (Å²) in [5, 5.41) is 4.60. The molecule has 0 aliphatic carbocycles. The standard InChI is InChI=1S/C25H24ClN3O5S/c26-20-8-4-19-16-22(11-7-18(19)15-20)35(33,34)28-23(30)12-13-27-25(32)17-5-9-21(10-6-17)29-14-2-1-3-24(29)31/h4-11,15-16H,1-3,12-14H2,(H,27,32)(H,28,30). The van der Waals surface area contributed by atoms with E-state index in [1.54, 1.807) is 53.4 Å². The van der Waals surface area contributed by atoms with Crippen LogP contribution in [0.1, 0.15) is 36.0 Å². The fourth-order valence-corrected chi connectivity index (χ4v) is 5.11. The van der Waals surface area contributed by atoms with Gasteiger partial charge in [0.05, 0.1) is 4.90 Å². The average molecular weight is 514 g/mol. The van der Waals surface area contributed by atoms with Crippen molar-refractivity contribution in [2.24, 2.45) is 0 Å². The molecule has 0 atom stereocenters. The number of halogens is 1. The molecule has 182 valence electrons. The van der Waals surface area contributed by atoms with Gasteiger partial charge in [-0.1, -0.05) is 23.7 Å². The van der Waals surface area contributed by atoms with Gasteiger partial charge in [0, 0.05) is 42.2 Å². The summed E-state index contributed by atoms with van der Waals surface area (Å²) in [5.74, 6) is -1.06. The van der Waals surface area contributed by atoms with Crippen molar-refractivity contribution in [1.29, 1.82) is 0 Å². The van der Waals surface area contributed by atoms with E-state index in [9.17, 15) is 22.8 Å². The Balaban J connectivity index is 1.29. The highest BCUT2D eigenvalue weighted by molar-refractivity contribution is 7.90. The molecular formula is C25H24ClN3O5S. The van der Waals surface area contributed by atoms with Gasteiger partial charge >= 0.3 is 0 Å². The SMILES string of the molecule is O=C(CCNC(=O)c1ccc(N2CCCCC2=O)cc1)NS(=O)(=O)c1ccc2cc(Cl)ccc2c1. The van der Waals surface area contributed by atoms with Gasteiger partial charge in [0.15, 0.2) is 0 Å². The van der Waals surface area contributed by atoms with Crippen LogP contribution in [0.2, 0.25) is 5.02 Å². The summed E-state index contributed by atoms with van der Waals surface area (Å²) in [6, 6.07) is 16.2. The number of fused-ring (bicyclic) bond motifs is 1. The Morgan fingerprint density at radius 2 is 1.66 bits per heavy atom. The molecule has 10 heteroatoms. The first-order valence-corrected chi connectivity index (χ1v) is 13.0. The van der Waals surface area contributed by atoms with Crippen LogP contribution in [0.15, 0.2) is 65.6 Å². The monoisotopic (exact) mass is 513 g/mol. The van der Waals surface area contributed by atoms with Crippen molar-refractivity contribution in [3.05, 3.63) is 71.2 Å². The number of amides is 3. The van der Waals surface area contributed by atoms with Crippen molar-refractivity contribution in [1.82, 2.24) is 10.0 Å². The molecule has 3 aromatic carbocycles. The number of nitrogens with zero attached hydrogens (tertiary/aromatic N) is 1. The second-order valence-corrected chi connectivity index (χ2v) is 10.4. The van der Waals surface area contributed by atoms with Gasteiger partial charge in [0.2, 0.25) is 11.8 Å². The molecule has 1 aliphatic heterocycles. The number of benzene rings is 3. The van der Waals surface area contributed by atoms with Crippen molar-refractivity contribution < 1.29 is 22.8 Å². The van der Waals surface area contributed by atoms with Gasteiger partial charge in [-0.2, -0.15) is 0 Å². The molecule has 35 heavy (non-hydrogen) atoms. The number of anilines is 1. The third-order valence-electron chi connectivity index (χ3n) is 5.73. The molecule has 0 spiro atoms. The van der Waals surface area contributed by atoms with Crippen LogP contribution in [0.5, 0.6) is 0 Å². The van der Waals surface area contributed by atoms with Crippen molar-refractivity contribution in [2.75, 3.05) is 18.0 Å². The van der Waals surface area contributed by atoms with Crippen LogP contribution in [0.3, 0.4) is 0 Å². The maximum atomic E-state index is 12.6. The van der Waals surface area contributed by atoms with Crippen LogP contribution in [0.4, 0.5) is 5.69 Å². The first kappa shape index (κ1) is 24.7. The average Bonchev–Trinajstić information content (AvgIpc) is 2.83. The molecule has 8 nitrogen and oxygen atoms in total. The van der Waals surface area contributed by atoms with Gasteiger partial charge in [0.25, 0.3) is 15.9 Å². The van der Waals surface area contributed by atoms with Crippen LogP contribution in [-0.4, -0.2) is 39.2 Å². The second-order valence-electron chi connectivity index (χ2n) is 8.24. The fourth-order valence-electron chi connectivity index (χ4n) is 3.88. The number of hydrogen-bond donors (Lipinski definition) is 2. The predicted molar refractivity (Wildman–Crippen MR) is 134 cm³/mol. The van der Waals surface area contributed by atoms with Crippen LogP contribution in [0.25, 0.3) is 10.8 Å². The zero-order valence-corrected chi connectivity index (χ0v) is 20.4. The Morgan fingerprint density at radius 1 is 0.943 bits per heavy atom. The molecule has 1 heterocycles. The molecular weight excluding hydrogens is 490 g/mol. The maximum absolute atomic E-state index is 12.6. The van der Waals surface area contributed by atoms with Gasteiger partial charge in [-0.25, -0.2) is 13.1 Å². The van der Waals surface area contributed by atoms with Crippen LogP contribution in [0, 0.1) is 0 Å². The summed E-state index contributed by atoms with van der Waals surface area (Å²) in [7, 11) is -4.06. The predicted octanol–water partition coefficient (Wildman–Crippen LogP) is 3.64. The lowest BCUT2D eigenvalue weighted by Crippen LogP contribution is -2.35. The van der Waals surface area contributed by atoms with Gasteiger partial charge < -0.3 is 10.2 Å². The summed E-state index contributed by atoms with van der Waals surface area (Å²) < 4.78 is 27.2. The first-order valence-electron chi connectivity index (χ1n) is 11.2. The molecule has 0 radical (unpaired) electrons. The molecule has 2 N–H and O–H groups in total. The van der Waals surface area contributed by atoms with Gasteiger partial charge in [-0.3, -0.25) is 14.4 Å². The molecule has 0 aromatic heterocycles. The van der Waals surface area contributed by atoms with Gasteiger partial charge in [0.1, 0.15) is 0 Å². The zero-order chi connectivity index (χ0) is 25.0. The van der Waals surface area contributed by atoms with Crippen LogP contribution >= 0.6 is 11.6 Å². The summed E-state index contributed by atoms with van der Waals surface area (Å²) in [6.07, 6.45) is 2.15. The topological polar surface area (TPSA) is 113 Å². The maximum Gasteiger partial charge on any atom is 0.264 e. The van der Waals surface area contributed by atoms with Crippen LogP contribution < -0.4 is 14.9 Å². The van der Waals surface area contributed by atoms with E-state index in [1.807, 2.05) is 4.72 Å². The third kappa shape index (κ3) is 5.98. The van der Waals surface area contributed by atoms with E-state index in [1.165, 1.54) is 12.1 Å². The second kappa shape index (κ2) is 10.5. The molecule has 3 amide bonds. The number of sulfonamides is 1. The minimum atomic E-state index is -4.06. The van der Waals surface area contributed by atoms with Crippen molar-refractivity contribution in [2.45, 2.75) is 30.6 Å². The van der Waals surface area contributed by atoms with Crippen molar-refractivity contribution in [3.8, 4) is 0 Å². The highest BCUT2D eigenvalue weighted by Crippen LogP contribution is 2.23. The Kier molecular flexibility index (Phi) is 7.37. The minimum absolute atomic E-state index is 0.0389. The van der Waals surface area contributed by atoms with Gasteiger partial charge in [-0.15, -0.1) is 0 Å². The number of carbonyl (C=O) groups excluding carboxylic acids is 3. The lowest BCUT2D eigenvalue weighted by atomic mass is 10.1. The van der Waals surface area contributed by atoms with Crippen LogP contribution in [-0.2, 0) is 19.6 Å². The van der Waals surface area contributed by atoms with E-state index in [0.29, 0.717) is 28.9 Å². The van der Waals surface area contributed by atoms with E-state index < -0.39 is 21.8 Å². The number of nitrogens with one attached hydrogen (secondary N) is 2.